The van der Waals surface area contributed by atoms with Crippen molar-refractivity contribution < 1.29 is 19.5 Å². The lowest BCUT2D eigenvalue weighted by Gasteiger charge is -2.20. The van der Waals surface area contributed by atoms with Crippen molar-refractivity contribution in [3.05, 3.63) is 29.3 Å². The standard InChI is InChI=1S/C18H24N2O4/c1-12-7-8-14(18(23)24)10-15(12)20-17(22)11-19-16(21)9-13-5-3-2-4-6-13/h7-8,10,13H,2-6,9,11H2,1H3,(H,19,21)(H,20,22)(H,23,24). The molecule has 2 amide bonds. The molecule has 1 fully saturated rings. The van der Waals surface area contributed by atoms with Gasteiger partial charge in [0.05, 0.1) is 12.1 Å². The molecule has 0 aromatic heterocycles. The first-order valence-corrected chi connectivity index (χ1v) is 8.36. The van der Waals surface area contributed by atoms with E-state index in [4.69, 9.17) is 5.11 Å². The zero-order valence-electron chi connectivity index (χ0n) is 13.9. The van der Waals surface area contributed by atoms with Crippen LogP contribution in [0.15, 0.2) is 18.2 Å². The second-order valence-corrected chi connectivity index (χ2v) is 6.37. The molecular weight excluding hydrogens is 308 g/mol. The molecule has 0 unspecified atom stereocenters. The summed E-state index contributed by atoms with van der Waals surface area (Å²) in [6, 6.07) is 4.54. The number of carboxylic acid groups (broad SMARTS) is 1. The predicted octanol–water partition coefficient (Wildman–Crippen LogP) is 2.72. The summed E-state index contributed by atoms with van der Waals surface area (Å²) in [6.45, 7) is 1.67. The molecule has 2 rings (SSSR count). The highest BCUT2D eigenvalue weighted by Gasteiger charge is 2.17. The zero-order valence-corrected chi connectivity index (χ0v) is 13.9. The average molecular weight is 332 g/mol. The number of carbonyl (C=O) groups excluding carboxylic acids is 2. The normalized spacial score (nSPS) is 14.9. The minimum atomic E-state index is -1.05. The molecule has 24 heavy (non-hydrogen) atoms. The molecule has 1 saturated carbocycles. The molecule has 0 saturated heterocycles. The van der Waals surface area contributed by atoms with E-state index in [1.54, 1.807) is 13.0 Å². The number of hydrogen-bond donors (Lipinski definition) is 3. The minimum absolute atomic E-state index is 0.104. The molecule has 1 aromatic rings. The molecule has 6 heteroatoms. The number of aryl methyl sites for hydroxylation is 1. The van der Waals surface area contributed by atoms with Gasteiger partial charge < -0.3 is 15.7 Å². The highest BCUT2D eigenvalue weighted by Crippen LogP contribution is 2.26. The fourth-order valence-electron chi connectivity index (χ4n) is 2.99. The van der Waals surface area contributed by atoms with Crippen molar-refractivity contribution in [3.8, 4) is 0 Å². The van der Waals surface area contributed by atoms with Crippen LogP contribution in [-0.2, 0) is 9.59 Å². The maximum absolute atomic E-state index is 12.0. The van der Waals surface area contributed by atoms with Crippen LogP contribution < -0.4 is 10.6 Å². The van der Waals surface area contributed by atoms with Gasteiger partial charge in [-0.1, -0.05) is 25.3 Å². The Morgan fingerprint density at radius 3 is 2.50 bits per heavy atom. The first-order valence-electron chi connectivity index (χ1n) is 8.36. The van der Waals surface area contributed by atoms with Crippen LogP contribution in [0.1, 0.15) is 54.4 Å². The Morgan fingerprint density at radius 2 is 1.83 bits per heavy atom. The third-order valence-corrected chi connectivity index (χ3v) is 4.40. The first kappa shape index (κ1) is 18.0. The lowest BCUT2D eigenvalue weighted by atomic mass is 9.87. The molecular formula is C18H24N2O4. The first-order chi connectivity index (χ1) is 11.5. The fraction of sp³-hybridized carbons (Fsp3) is 0.500. The van der Waals surface area contributed by atoms with Crippen LogP contribution in [0.5, 0.6) is 0 Å². The third kappa shape index (κ3) is 5.37. The van der Waals surface area contributed by atoms with Crippen molar-refractivity contribution in [2.24, 2.45) is 5.92 Å². The zero-order chi connectivity index (χ0) is 17.5. The predicted molar refractivity (Wildman–Crippen MR) is 91.0 cm³/mol. The van der Waals surface area contributed by atoms with Gasteiger partial charge in [0.15, 0.2) is 0 Å². The van der Waals surface area contributed by atoms with E-state index in [1.807, 2.05) is 0 Å². The van der Waals surface area contributed by atoms with Gasteiger partial charge >= 0.3 is 5.97 Å². The van der Waals surface area contributed by atoms with E-state index in [0.717, 1.165) is 18.4 Å². The van der Waals surface area contributed by atoms with Crippen LogP contribution in [0.4, 0.5) is 5.69 Å². The maximum atomic E-state index is 12.0. The van der Waals surface area contributed by atoms with E-state index in [0.29, 0.717) is 18.0 Å². The Kier molecular flexibility index (Phi) is 6.35. The van der Waals surface area contributed by atoms with Gasteiger partial charge in [0.25, 0.3) is 0 Å². The molecule has 0 bridgehead atoms. The second-order valence-electron chi connectivity index (χ2n) is 6.37. The van der Waals surface area contributed by atoms with Crippen LogP contribution in [-0.4, -0.2) is 29.4 Å². The van der Waals surface area contributed by atoms with Gasteiger partial charge in [-0.2, -0.15) is 0 Å². The minimum Gasteiger partial charge on any atom is -0.478 e. The molecule has 6 nitrogen and oxygen atoms in total. The van der Waals surface area contributed by atoms with Gasteiger partial charge in [-0.3, -0.25) is 9.59 Å². The summed E-state index contributed by atoms with van der Waals surface area (Å²) in [7, 11) is 0. The Labute approximate surface area is 141 Å². The molecule has 0 atom stereocenters. The highest BCUT2D eigenvalue weighted by molar-refractivity contribution is 5.97. The van der Waals surface area contributed by atoms with E-state index in [9.17, 15) is 14.4 Å². The van der Waals surface area contributed by atoms with Crippen molar-refractivity contribution in [2.45, 2.75) is 45.4 Å². The number of carbonyl (C=O) groups is 3. The highest BCUT2D eigenvalue weighted by atomic mass is 16.4. The topological polar surface area (TPSA) is 95.5 Å². The van der Waals surface area contributed by atoms with Crippen molar-refractivity contribution in [1.82, 2.24) is 5.32 Å². The number of hydrogen-bond acceptors (Lipinski definition) is 3. The monoisotopic (exact) mass is 332 g/mol. The summed E-state index contributed by atoms with van der Waals surface area (Å²) in [5.41, 5.74) is 1.32. The summed E-state index contributed by atoms with van der Waals surface area (Å²) in [5, 5.41) is 14.3. The van der Waals surface area contributed by atoms with Crippen LogP contribution >= 0.6 is 0 Å². The second kappa shape index (κ2) is 8.47. The van der Waals surface area contributed by atoms with E-state index < -0.39 is 5.97 Å². The quantitative estimate of drug-likeness (QED) is 0.746. The SMILES string of the molecule is Cc1ccc(C(=O)O)cc1NC(=O)CNC(=O)CC1CCCCC1. The van der Waals surface area contributed by atoms with Crippen molar-refractivity contribution >= 4 is 23.5 Å². The van der Waals surface area contributed by atoms with Crippen molar-refractivity contribution in [3.63, 3.8) is 0 Å². The van der Waals surface area contributed by atoms with Gasteiger partial charge in [-0.05, 0) is 43.4 Å². The van der Waals surface area contributed by atoms with E-state index in [1.165, 1.54) is 31.4 Å². The van der Waals surface area contributed by atoms with Gasteiger partial charge in [0.1, 0.15) is 0 Å². The Balaban J connectivity index is 1.81. The number of aromatic carboxylic acids is 1. The molecule has 130 valence electrons. The van der Waals surface area contributed by atoms with Crippen LogP contribution in [0.25, 0.3) is 0 Å². The number of rotatable bonds is 6. The molecule has 0 aliphatic heterocycles. The largest absolute Gasteiger partial charge is 0.478 e. The molecule has 0 radical (unpaired) electrons. The summed E-state index contributed by atoms with van der Waals surface area (Å²) in [4.78, 5) is 34.9. The summed E-state index contributed by atoms with van der Waals surface area (Å²) < 4.78 is 0. The van der Waals surface area contributed by atoms with Crippen molar-refractivity contribution in [1.29, 1.82) is 0 Å². The molecule has 1 aromatic carbocycles. The molecule has 1 aliphatic carbocycles. The number of carboxylic acids is 1. The number of amides is 2. The number of nitrogens with one attached hydrogen (secondary N) is 2. The fourth-order valence-corrected chi connectivity index (χ4v) is 2.99. The lowest BCUT2D eigenvalue weighted by molar-refractivity contribution is -0.125. The molecule has 0 spiro atoms. The Bertz CT molecular complexity index is 621. The van der Waals surface area contributed by atoms with Crippen LogP contribution in [0, 0.1) is 12.8 Å². The lowest BCUT2D eigenvalue weighted by Crippen LogP contribution is -2.34. The summed E-state index contributed by atoms with van der Waals surface area (Å²) >= 11 is 0. The molecule has 3 N–H and O–H groups in total. The average Bonchev–Trinajstić information content (AvgIpc) is 2.56. The summed E-state index contributed by atoms with van der Waals surface area (Å²) in [6.07, 6.45) is 6.24. The van der Waals surface area contributed by atoms with E-state index in [2.05, 4.69) is 10.6 Å². The van der Waals surface area contributed by atoms with Gasteiger partial charge in [0, 0.05) is 12.1 Å². The number of anilines is 1. The van der Waals surface area contributed by atoms with Gasteiger partial charge in [0.2, 0.25) is 11.8 Å². The molecule has 0 heterocycles. The number of benzene rings is 1. The van der Waals surface area contributed by atoms with Gasteiger partial charge in [-0.25, -0.2) is 4.79 Å². The Hall–Kier alpha value is -2.37. The maximum Gasteiger partial charge on any atom is 0.335 e. The van der Waals surface area contributed by atoms with E-state index in [-0.39, 0.29) is 23.9 Å². The van der Waals surface area contributed by atoms with Gasteiger partial charge in [-0.15, -0.1) is 0 Å². The summed E-state index contributed by atoms with van der Waals surface area (Å²) in [5.74, 6) is -1.09. The molecule has 1 aliphatic rings. The third-order valence-electron chi connectivity index (χ3n) is 4.40. The van der Waals surface area contributed by atoms with Crippen LogP contribution in [0.2, 0.25) is 0 Å². The van der Waals surface area contributed by atoms with E-state index >= 15 is 0 Å². The smallest absolute Gasteiger partial charge is 0.335 e. The Morgan fingerprint density at radius 1 is 1.12 bits per heavy atom. The van der Waals surface area contributed by atoms with Crippen LogP contribution in [0.3, 0.4) is 0 Å². The van der Waals surface area contributed by atoms with Crippen molar-refractivity contribution in [2.75, 3.05) is 11.9 Å².